The van der Waals surface area contributed by atoms with Crippen LogP contribution in [0.3, 0.4) is 0 Å². The van der Waals surface area contributed by atoms with E-state index in [1.54, 1.807) is 14.2 Å². The van der Waals surface area contributed by atoms with Crippen LogP contribution < -0.4 is 11.1 Å². The van der Waals surface area contributed by atoms with Crippen molar-refractivity contribution in [3.8, 4) is 0 Å². The molecule has 1 heterocycles. The van der Waals surface area contributed by atoms with Gasteiger partial charge in [0.25, 0.3) is 0 Å². The monoisotopic (exact) mass is 275 g/mol. The van der Waals surface area contributed by atoms with Crippen molar-refractivity contribution in [2.75, 3.05) is 38.4 Å². The number of nitrogens with two attached hydrogens (primary N) is 1. The molecule has 1 aromatic carbocycles. The maximum Gasteiger partial charge on any atom is 0.0976 e. The molecule has 2 rings (SSSR count). The van der Waals surface area contributed by atoms with Gasteiger partial charge in [0.05, 0.1) is 12.7 Å². The van der Waals surface area contributed by atoms with E-state index >= 15 is 0 Å². The second-order valence-corrected chi connectivity index (χ2v) is 4.77. The molecule has 0 radical (unpaired) electrons. The summed E-state index contributed by atoms with van der Waals surface area (Å²) >= 11 is 0. The number of nitrogens with one attached hydrogen (secondary N) is 1. The highest BCUT2D eigenvalue weighted by molar-refractivity contribution is 6.00. The van der Waals surface area contributed by atoms with E-state index in [4.69, 9.17) is 15.2 Å². The number of nitrogens with zero attached hydrogens (tertiary/aromatic N) is 1. The predicted molar refractivity (Wildman–Crippen MR) is 82.1 cm³/mol. The molecule has 5 heteroatoms. The van der Waals surface area contributed by atoms with Gasteiger partial charge in [-0.3, -0.25) is 4.98 Å². The van der Waals surface area contributed by atoms with E-state index < -0.39 is 0 Å². The van der Waals surface area contributed by atoms with Gasteiger partial charge in [-0.25, -0.2) is 0 Å². The highest BCUT2D eigenvalue weighted by Crippen LogP contribution is 2.28. The highest BCUT2D eigenvalue weighted by atomic mass is 16.5. The number of anilines is 2. The molecule has 0 fully saturated rings. The Morgan fingerprint density at radius 3 is 2.80 bits per heavy atom. The number of aromatic nitrogens is 1. The molecule has 2 aromatic rings. The fourth-order valence-corrected chi connectivity index (χ4v) is 2.14. The second kappa shape index (κ2) is 6.54. The van der Waals surface area contributed by atoms with Crippen LogP contribution in [-0.4, -0.2) is 38.5 Å². The van der Waals surface area contributed by atoms with Crippen LogP contribution in [0.15, 0.2) is 24.4 Å². The summed E-state index contributed by atoms with van der Waals surface area (Å²) in [6.07, 6.45) is 1.82. The SMILES string of the molecule is COCC(CNc1ccc(N)c2cnc(C)cc12)OC. The quantitative estimate of drug-likeness (QED) is 0.791. The lowest BCUT2D eigenvalue weighted by molar-refractivity contribution is 0.0366. The van der Waals surface area contributed by atoms with Crippen molar-refractivity contribution < 1.29 is 9.47 Å². The Balaban J connectivity index is 2.25. The molecule has 0 aliphatic carbocycles. The van der Waals surface area contributed by atoms with Crippen molar-refractivity contribution in [3.05, 3.63) is 30.1 Å². The number of methoxy groups -OCH3 is 2. The molecular weight excluding hydrogens is 254 g/mol. The zero-order valence-electron chi connectivity index (χ0n) is 12.1. The summed E-state index contributed by atoms with van der Waals surface area (Å²) in [6.45, 7) is 3.19. The number of ether oxygens (including phenoxy) is 2. The van der Waals surface area contributed by atoms with Crippen LogP contribution in [0.25, 0.3) is 10.8 Å². The molecule has 0 amide bonds. The van der Waals surface area contributed by atoms with Gasteiger partial charge >= 0.3 is 0 Å². The predicted octanol–water partition coefficient (Wildman–Crippen LogP) is 2.20. The third-order valence-corrected chi connectivity index (χ3v) is 3.28. The van der Waals surface area contributed by atoms with Gasteiger partial charge in [0, 0.05) is 54.8 Å². The van der Waals surface area contributed by atoms with Gasteiger partial charge in [-0.05, 0) is 25.1 Å². The minimum absolute atomic E-state index is 0.00976. The van der Waals surface area contributed by atoms with Crippen molar-refractivity contribution in [1.29, 1.82) is 0 Å². The van der Waals surface area contributed by atoms with Crippen LogP contribution in [0, 0.1) is 6.92 Å². The number of hydrogen-bond donors (Lipinski definition) is 2. The summed E-state index contributed by atoms with van der Waals surface area (Å²) in [6, 6.07) is 5.91. The van der Waals surface area contributed by atoms with Crippen molar-refractivity contribution in [2.24, 2.45) is 0 Å². The minimum Gasteiger partial charge on any atom is -0.398 e. The van der Waals surface area contributed by atoms with Crippen molar-refractivity contribution in [3.63, 3.8) is 0 Å². The maximum atomic E-state index is 5.99. The summed E-state index contributed by atoms with van der Waals surface area (Å²) in [5, 5.41) is 5.42. The number of aryl methyl sites for hydroxylation is 1. The first-order valence-electron chi connectivity index (χ1n) is 6.56. The molecule has 3 N–H and O–H groups in total. The summed E-state index contributed by atoms with van der Waals surface area (Å²) in [4.78, 5) is 4.30. The lowest BCUT2D eigenvalue weighted by Gasteiger charge is -2.17. The number of benzene rings is 1. The molecule has 20 heavy (non-hydrogen) atoms. The Morgan fingerprint density at radius 1 is 1.30 bits per heavy atom. The van der Waals surface area contributed by atoms with Gasteiger partial charge in [-0.15, -0.1) is 0 Å². The molecule has 0 bridgehead atoms. The lowest BCUT2D eigenvalue weighted by Crippen LogP contribution is -2.26. The Labute approximate surface area is 119 Å². The van der Waals surface area contributed by atoms with Gasteiger partial charge in [0.1, 0.15) is 0 Å². The minimum atomic E-state index is 0.00976. The Kier molecular flexibility index (Phi) is 4.76. The normalized spacial score (nSPS) is 12.6. The average molecular weight is 275 g/mol. The largest absolute Gasteiger partial charge is 0.398 e. The summed E-state index contributed by atoms with van der Waals surface area (Å²) in [5.41, 5.74) is 8.72. The van der Waals surface area contributed by atoms with Gasteiger partial charge in [-0.1, -0.05) is 0 Å². The van der Waals surface area contributed by atoms with E-state index in [9.17, 15) is 0 Å². The number of nitrogen functional groups attached to an aromatic ring is 1. The van der Waals surface area contributed by atoms with E-state index in [1.165, 1.54) is 0 Å². The summed E-state index contributed by atoms with van der Waals surface area (Å²) in [7, 11) is 3.35. The number of pyridine rings is 1. The van der Waals surface area contributed by atoms with Crippen LogP contribution in [0.4, 0.5) is 11.4 Å². The van der Waals surface area contributed by atoms with Gasteiger partial charge in [0.15, 0.2) is 0 Å². The molecule has 0 saturated heterocycles. The first-order valence-corrected chi connectivity index (χ1v) is 6.56. The smallest absolute Gasteiger partial charge is 0.0976 e. The average Bonchev–Trinajstić information content (AvgIpc) is 2.45. The third kappa shape index (κ3) is 3.18. The van der Waals surface area contributed by atoms with E-state index in [-0.39, 0.29) is 6.10 Å². The molecular formula is C15H21N3O2. The molecule has 0 aliphatic heterocycles. The first kappa shape index (κ1) is 14.6. The molecule has 0 saturated carbocycles. The molecule has 0 spiro atoms. The molecule has 1 atom stereocenters. The van der Waals surface area contributed by atoms with Gasteiger partial charge in [-0.2, -0.15) is 0 Å². The van der Waals surface area contributed by atoms with Crippen LogP contribution in [0.1, 0.15) is 5.69 Å². The maximum absolute atomic E-state index is 5.99. The van der Waals surface area contributed by atoms with Gasteiger partial charge < -0.3 is 20.5 Å². The van der Waals surface area contributed by atoms with Crippen LogP contribution in [0.5, 0.6) is 0 Å². The lowest BCUT2D eigenvalue weighted by atomic mass is 10.1. The number of fused-ring (bicyclic) bond motifs is 1. The Hall–Kier alpha value is -1.85. The van der Waals surface area contributed by atoms with Gasteiger partial charge in [0.2, 0.25) is 0 Å². The molecule has 1 unspecified atom stereocenters. The van der Waals surface area contributed by atoms with Crippen molar-refractivity contribution in [1.82, 2.24) is 4.98 Å². The van der Waals surface area contributed by atoms with E-state index in [2.05, 4.69) is 10.3 Å². The fraction of sp³-hybridized carbons (Fsp3) is 0.400. The Morgan fingerprint density at radius 2 is 2.10 bits per heavy atom. The molecule has 108 valence electrons. The van der Waals surface area contributed by atoms with Crippen LogP contribution >= 0.6 is 0 Å². The number of hydrogen-bond acceptors (Lipinski definition) is 5. The van der Waals surface area contributed by atoms with Crippen molar-refractivity contribution in [2.45, 2.75) is 13.0 Å². The zero-order valence-corrected chi connectivity index (χ0v) is 12.1. The zero-order chi connectivity index (χ0) is 14.5. The Bertz CT molecular complexity index is 587. The highest BCUT2D eigenvalue weighted by Gasteiger charge is 2.09. The van der Waals surface area contributed by atoms with Crippen LogP contribution in [0.2, 0.25) is 0 Å². The number of rotatable bonds is 6. The second-order valence-electron chi connectivity index (χ2n) is 4.77. The summed E-state index contributed by atoms with van der Waals surface area (Å²) < 4.78 is 10.5. The molecule has 5 nitrogen and oxygen atoms in total. The standard InChI is InChI=1S/C15H21N3O2/c1-10-6-12-13(8-17-10)14(16)4-5-15(12)18-7-11(20-3)9-19-2/h4-6,8,11,18H,7,9,16H2,1-3H3. The summed E-state index contributed by atoms with van der Waals surface area (Å²) in [5.74, 6) is 0. The van der Waals surface area contributed by atoms with E-state index in [0.29, 0.717) is 13.2 Å². The fourth-order valence-electron chi connectivity index (χ4n) is 2.14. The first-order chi connectivity index (χ1) is 9.65. The third-order valence-electron chi connectivity index (χ3n) is 3.28. The molecule has 1 aromatic heterocycles. The van der Waals surface area contributed by atoms with Crippen molar-refractivity contribution >= 4 is 22.1 Å². The van der Waals surface area contributed by atoms with E-state index in [1.807, 2.05) is 31.3 Å². The topological polar surface area (TPSA) is 69.4 Å². The molecule has 0 aliphatic rings. The van der Waals surface area contributed by atoms with Crippen LogP contribution in [-0.2, 0) is 9.47 Å². The van der Waals surface area contributed by atoms with E-state index in [0.717, 1.165) is 27.8 Å².